The van der Waals surface area contributed by atoms with Gasteiger partial charge in [0.05, 0.1) is 0 Å². The third-order valence-corrected chi connectivity index (χ3v) is 4.13. The van der Waals surface area contributed by atoms with Gasteiger partial charge >= 0.3 is 5.97 Å². The van der Waals surface area contributed by atoms with Gasteiger partial charge in [0.25, 0.3) is 0 Å². The number of hydrogen-bond donors (Lipinski definition) is 0. The Morgan fingerprint density at radius 1 is 1.42 bits per heavy atom. The van der Waals surface area contributed by atoms with Crippen LogP contribution in [0.1, 0.15) is 30.7 Å². The van der Waals surface area contributed by atoms with Crippen molar-refractivity contribution < 1.29 is 13.9 Å². The van der Waals surface area contributed by atoms with Crippen LogP contribution < -0.4 is 4.74 Å². The van der Waals surface area contributed by atoms with Crippen molar-refractivity contribution in [1.82, 2.24) is 4.98 Å². The van der Waals surface area contributed by atoms with Gasteiger partial charge in [0.2, 0.25) is 5.88 Å². The van der Waals surface area contributed by atoms with Crippen LogP contribution in [0.3, 0.4) is 0 Å². The molecule has 3 nitrogen and oxygen atoms in total. The molecule has 0 N–H and O–H groups in total. The lowest BCUT2D eigenvalue weighted by molar-refractivity contribution is -0.132. The van der Waals surface area contributed by atoms with Gasteiger partial charge in [-0.2, -0.15) is 0 Å². The average Bonchev–Trinajstić information content (AvgIpc) is 3.13. The summed E-state index contributed by atoms with van der Waals surface area (Å²) in [5, 5.41) is 0.925. The summed E-state index contributed by atoms with van der Waals surface area (Å²) in [5.41, 5.74) is 0.433. The third-order valence-electron chi connectivity index (χ3n) is 2.90. The van der Waals surface area contributed by atoms with Crippen LogP contribution >= 0.6 is 11.3 Å². The van der Waals surface area contributed by atoms with E-state index in [0.717, 1.165) is 17.8 Å². The van der Waals surface area contributed by atoms with E-state index in [1.807, 2.05) is 0 Å². The Balaban J connectivity index is 2.07. The minimum atomic E-state index is -0.440. The SMILES string of the molecule is CC(=O)Oc1nc(C2CC2)sc1-c1ccccc1F. The molecule has 1 saturated carbocycles. The average molecular weight is 277 g/mol. The Hall–Kier alpha value is -1.75. The van der Waals surface area contributed by atoms with E-state index in [1.165, 1.54) is 24.3 Å². The molecule has 19 heavy (non-hydrogen) atoms. The second kappa shape index (κ2) is 4.74. The van der Waals surface area contributed by atoms with Gasteiger partial charge in [0.1, 0.15) is 15.7 Å². The van der Waals surface area contributed by atoms with Gasteiger partial charge < -0.3 is 4.74 Å². The Morgan fingerprint density at radius 3 is 2.79 bits per heavy atom. The highest BCUT2D eigenvalue weighted by Crippen LogP contribution is 2.47. The highest BCUT2D eigenvalue weighted by Gasteiger charge is 2.30. The molecule has 98 valence electrons. The lowest BCUT2D eigenvalue weighted by atomic mass is 10.2. The molecular formula is C14H12FNO2S. The van der Waals surface area contributed by atoms with Gasteiger partial charge in [-0.3, -0.25) is 4.79 Å². The quantitative estimate of drug-likeness (QED) is 0.802. The number of carbonyl (C=O) groups excluding carboxylic acids is 1. The van der Waals surface area contributed by atoms with Crippen LogP contribution in [0, 0.1) is 5.82 Å². The number of carbonyl (C=O) groups is 1. The zero-order chi connectivity index (χ0) is 13.4. The normalized spacial score (nSPS) is 14.4. The van der Waals surface area contributed by atoms with E-state index < -0.39 is 5.97 Å². The second-order valence-corrected chi connectivity index (χ2v) is 5.56. The summed E-state index contributed by atoms with van der Waals surface area (Å²) in [5.74, 6) is -0.100. The summed E-state index contributed by atoms with van der Waals surface area (Å²) in [6, 6.07) is 6.45. The molecule has 0 radical (unpaired) electrons. The van der Waals surface area contributed by atoms with Crippen LogP contribution in [0.25, 0.3) is 10.4 Å². The number of rotatable bonds is 3. The zero-order valence-electron chi connectivity index (χ0n) is 10.4. The van der Waals surface area contributed by atoms with E-state index in [9.17, 15) is 9.18 Å². The fourth-order valence-electron chi connectivity index (χ4n) is 1.85. The van der Waals surface area contributed by atoms with Gasteiger partial charge in [-0.15, -0.1) is 11.3 Å². The number of ether oxygens (including phenoxy) is 1. The van der Waals surface area contributed by atoms with E-state index in [2.05, 4.69) is 4.98 Å². The molecular weight excluding hydrogens is 265 g/mol. The van der Waals surface area contributed by atoms with Crippen molar-refractivity contribution in [2.45, 2.75) is 25.7 Å². The van der Waals surface area contributed by atoms with Crippen molar-refractivity contribution in [2.24, 2.45) is 0 Å². The van der Waals surface area contributed by atoms with Crippen molar-refractivity contribution in [2.75, 3.05) is 0 Å². The lowest BCUT2D eigenvalue weighted by Crippen LogP contribution is -2.02. The van der Waals surface area contributed by atoms with Crippen LogP contribution in [-0.2, 0) is 4.79 Å². The predicted octanol–water partition coefficient (Wildman–Crippen LogP) is 3.75. The monoisotopic (exact) mass is 277 g/mol. The van der Waals surface area contributed by atoms with Crippen molar-refractivity contribution in [3.8, 4) is 16.3 Å². The molecule has 0 atom stereocenters. The third kappa shape index (κ3) is 2.51. The summed E-state index contributed by atoms with van der Waals surface area (Å²) in [7, 11) is 0. The molecule has 0 aliphatic heterocycles. The Bertz CT molecular complexity index is 634. The number of esters is 1. The molecule has 0 unspecified atom stereocenters. The number of thiazole rings is 1. The zero-order valence-corrected chi connectivity index (χ0v) is 11.2. The molecule has 1 aromatic heterocycles. The van der Waals surface area contributed by atoms with Crippen molar-refractivity contribution in [1.29, 1.82) is 0 Å². The first-order valence-electron chi connectivity index (χ1n) is 6.09. The van der Waals surface area contributed by atoms with Crippen LogP contribution in [-0.4, -0.2) is 11.0 Å². The number of nitrogens with zero attached hydrogens (tertiary/aromatic N) is 1. The van der Waals surface area contributed by atoms with Crippen molar-refractivity contribution in [3.05, 3.63) is 35.1 Å². The standard InChI is InChI=1S/C14H12FNO2S/c1-8(17)18-13-12(10-4-2-3-5-11(10)15)19-14(16-13)9-6-7-9/h2-5,9H,6-7H2,1H3. The lowest BCUT2D eigenvalue weighted by Gasteiger charge is -2.02. The van der Waals surface area contributed by atoms with Gasteiger partial charge in [-0.05, 0) is 18.9 Å². The molecule has 1 heterocycles. The van der Waals surface area contributed by atoms with Gasteiger partial charge in [0, 0.05) is 18.4 Å². The van der Waals surface area contributed by atoms with Crippen molar-refractivity contribution in [3.63, 3.8) is 0 Å². The fourth-order valence-corrected chi connectivity index (χ4v) is 3.04. The van der Waals surface area contributed by atoms with Gasteiger partial charge in [-0.25, -0.2) is 9.37 Å². The molecule has 1 aliphatic carbocycles. The van der Waals surface area contributed by atoms with E-state index in [0.29, 0.717) is 16.4 Å². The molecule has 2 aromatic rings. The van der Waals surface area contributed by atoms with E-state index in [-0.39, 0.29) is 11.7 Å². The molecule has 5 heteroatoms. The van der Waals surface area contributed by atoms with E-state index in [4.69, 9.17) is 4.74 Å². The molecule has 3 rings (SSSR count). The Labute approximate surface area is 114 Å². The maximum absolute atomic E-state index is 13.9. The maximum atomic E-state index is 13.9. The number of hydrogen-bond acceptors (Lipinski definition) is 4. The second-order valence-electron chi connectivity index (χ2n) is 4.53. The largest absolute Gasteiger partial charge is 0.406 e. The van der Waals surface area contributed by atoms with Crippen LogP contribution in [0.2, 0.25) is 0 Å². The molecule has 1 fully saturated rings. The summed E-state index contributed by atoms with van der Waals surface area (Å²) < 4.78 is 19.0. The number of halogens is 1. The molecule has 1 aliphatic rings. The van der Waals surface area contributed by atoms with Crippen LogP contribution in [0.15, 0.2) is 24.3 Å². The highest BCUT2D eigenvalue weighted by molar-refractivity contribution is 7.15. The Morgan fingerprint density at radius 2 is 2.16 bits per heavy atom. The number of aromatic nitrogens is 1. The highest BCUT2D eigenvalue weighted by atomic mass is 32.1. The first kappa shape index (κ1) is 12.3. The maximum Gasteiger partial charge on any atom is 0.309 e. The minimum absolute atomic E-state index is 0.226. The van der Waals surface area contributed by atoms with E-state index >= 15 is 0 Å². The van der Waals surface area contributed by atoms with Crippen LogP contribution in [0.4, 0.5) is 4.39 Å². The smallest absolute Gasteiger partial charge is 0.309 e. The summed E-state index contributed by atoms with van der Waals surface area (Å²) in [4.78, 5) is 16.1. The number of benzene rings is 1. The molecule has 1 aromatic carbocycles. The molecule has 0 amide bonds. The Kier molecular flexibility index (Phi) is 3.06. The minimum Gasteiger partial charge on any atom is -0.406 e. The van der Waals surface area contributed by atoms with Crippen molar-refractivity contribution >= 4 is 17.3 Å². The topological polar surface area (TPSA) is 39.2 Å². The van der Waals surface area contributed by atoms with Gasteiger partial charge in [0.15, 0.2) is 0 Å². The molecule has 0 bridgehead atoms. The summed E-state index contributed by atoms with van der Waals surface area (Å²) >= 11 is 1.41. The summed E-state index contributed by atoms with van der Waals surface area (Å²) in [6.45, 7) is 1.32. The molecule has 0 spiro atoms. The predicted molar refractivity (Wildman–Crippen MR) is 70.8 cm³/mol. The van der Waals surface area contributed by atoms with E-state index in [1.54, 1.807) is 18.2 Å². The van der Waals surface area contributed by atoms with Gasteiger partial charge in [-0.1, -0.05) is 18.2 Å². The molecule has 0 saturated heterocycles. The first-order chi connectivity index (χ1) is 9.15. The summed E-state index contributed by atoms with van der Waals surface area (Å²) in [6.07, 6.45) is 2.20. The van der Waals surface area contributed by atoms with Crippen LogP contribution in [0.5, 0.6) is 5.88 Å². The first-order valence-corrected chi connectivity index (χ1v) is 6.91. The fraction of sp³-hybridized carbons (Fsp3) is 0.286.